The zero-order valence-corrected chi connectivity index (χ0v) is 11.4. The molecule has 7 heteroatoms. The Bertz CT molecular complexity index is 505. The molecule has 0 saturated carbocycles. The molecule has 106 valence electrons. The van der Waals surface area contributed by atoms with Gasteiger partial charge in [0, 0.05) is 17.0 Å². The summed E-state index contributed by atoms with van der Waals surface area (Å²) in [6.07, 6.45) is 3.09. The van der Waals surface area contributed by atoms with Gasteiger partial charge >= 0.3 is 0 Å². The third kappa shape index (κ3) is 9.41. The Morgan fingerprint density at radius 1 is 1.35 bits per heavy atom. The molecule has 0 unspecified atom stereocenters. The number of carbonyl (C=O) groups is 2. The maximum atomic E-state index is 10.8. The molecule has 0 aliphatic heterocycles. The van der Waals surface area contributed by atoms with Crippen LogP contribution >= 0.6 is 0 Å². The van der Waals surface area contributed by atoms with Crippen LogP contribution in [0.4, 0.5) is 0 Å². The first-order valence-corrected chi connectivity index (χ1v) is 5.72. The molecule has 0 radical (unpaired) electrons. The molecule has 0 fully saturated rings. The van der Waals surface area contributed by atoms with Crippen LogP contribution in [0.2, 0.25) is 0 Å². The lowest BCUT2D eigenvalue weighted by Crippen LogP contribution is -2.12. The molecule has 1 aromatic rings. The van der Waals surface area contributed by atoms with Crippen LogP contribution in [0.5, 0.6) is 0 Å². The van der Waals surface area contributed by atoms with Gasteiger partial charge in [0.05, 0.1) is 0 Å². The van der Waals surface area contributed by atoms with Gasteiger partial charge in [-0.15, -0.1) is 0 Å². The quantitative estimate of drug-likeness (QED) is 0.390. The average Bonchev–Trinajstić information content (AvgIpc) is 2.40. The van der Waals surface area contributed by atoms with Crippen LogP contribution in [0.1, 0.15) is 10.4 Å². The monoisotopic (exact) mass is 275 g/mol. The Morgan fingerprint density at radius 3 is 2.40 bits per heavy atom. The summed E-state index contributed by atoms with van der Waals surface area (Å²) in [5, 5.41) is 2.94. The number of nitrogens with two attached hydrogens (primary N) is 1. The minimum atomic E-state index is -0.548. The highest BCUT2D eigenvalue weighted by molar-refractivity contribution is 5.94. The van der Waals surface area contributed by atoms with E-state index in [0.717, 1.165) is 6.54 Å². The average molecular weight is 275 g/mol. The van der Waals surface area contributed by atoms with Crippen molar-refractivity contribution in [3.63, 3.8) is 0 Å². The van der Waals surface area contributed by atoms with Gasteiger partial charge in [-0.25, -0.2) is 0 Å². The first kappa shape index (κ1) is 17.4. The van der Waals surface area contributed by atoms with Gasteiger partial charge in [0.2, 0.25) is 11.8 Å². The van der Waals surface area contributed by atoms with E-state index >= 15 is 0 Å². The molecule has 0 aliphatic carbocycles. The first-order chi connectivity index (χ1) is 9.47. The highest BCUT2D eigenvalue weighted by atomic mass is 16.1. The predicted octanol–water partition coefficient (Wildman–Crippen LogP) is 1.73. The summed E-state index contributed by atoms with van der Waals surface area (Å²) < 4.78 is 0. The molecule has 1 rings (SSSR count). The molecular formula is C13H17N5O2. The highest BCUT2D eigenvalue weighted by Gasteiger charge is 1.98. The number of carbonyl (C=O) groups excluding carboxylic acids is 2. The number of likely N-dealkylation sites (N-methyl/N-ethyl adjacent to an activating group) is 1. The molecule has 2 amide bonds. The van der Waals surface area contributed by atoms with Crippen LogP contribution in [0, 0.1) is 0 Å². The van der Waals surface area contributed by atoms with E-state index in [1.807, 2.05) is 19.0 Å². The van der Waals surface area contributed by atoms with Crippen molar-refractivity contribution in [1.82, 2.24) is 4.90 Å². The third-order valence-corrected chi connectivity index (χ3v) is 1.91. The fraction of sp³-hybridized carbons (Fsp3) is 0.231. The van der Waals surface area contributed by atoms with Crippen molar-refractivity contribution in [1.29, 1.82) is 0 Å². The fourth-order valence-electron chi connectivity index (χ4n) is 1.06. The Hall–Kier alpha value is -2.63. The second-order valence-corrected chi connectivity index (χ2v) is 3.93. The predicted molar refractivity (Wildman–Crippen MR) is 76.8 cm³/mol. The van der Waals surface area contributed by atoms with Crippen molar-refractivity contribution in [2.45, 2.75) is 0 Å². The van der Waals surface area contributed by atoms with E-state index in [-0.39, 0.29) is 0 Å². The Labute approximate surface area is 117 Å². The first-order valence-electron chi connectivity index (χ1n) is 5.72. The number of benzene rings is 1. The Balaban J connectivity index is 0.000000370. The Kier molecular flexibility index (Phi) is 8.95. The van der Waals surface area contributed by atoms with Crippen molar-refractivity contribution in [3.05, 3.63) is 58.5 Å². The number of hydrogen-bond donors (Lipinski definition) is 1. The fourth-order valence-corrected chi connectivity index (χ4v) is 1.06. The van der Waals surface area contributed by atoms with Gasteiger partial charge in [-0.1, -0.05) is 36.4 Å². The van der Waals surface area contributed by atoms with E-state index in [2.05, 4.69) is 10.0 Å². The van der Waals surface area contributed by atoms with Crippen molar-refractivity contribution >= 4 is 11.8 Å². The number of hydrogen-bond acceptors (Lipinski definition) is 3. The van der Waals surface area contributed by atoms with E-state index in [1.165, 1.54) is 6.08 Å². The topological polar surface area (TPSA) is 112 Å². The summed E-state index contributed by atoms with van der Waals surface area (Å²) in [5.41, 5.74) is 13.2. The van der Waals surface area contributed by atoms with E-state index in [1.54, 1.807) is 36.4 Å². The third-order valence-electron chi connectivity index (χ3n) is 1.91. The molecule has 0 saturated heterocycles. The summed E-state index contributed by atoms with van der Waals surface area (Å²) in [6, 6.07) is 8.39. The van der Waals surface area contributed by atoms with Gasteiger partial charge in [-0.2, -0.15) is 0 Å². The molecule has 0 atom stereocenters. The van der Waals surface area contributed by atoms with E-state index in [9.17, 15) is 9.59 Å². The van der Waals surface area contributed by atoms with Gasteiger partial charge in [0.25, 0.3) is 0 Å². The van der Waals surface area contributed by atoms with Crippen molar-refractivity contribution in [3.8, 4) is 0 Å². The Morgan fingerprint density at radius 2 is 1.95 bits per heavy atom. The van der Waals surface area contributed by atoms with Crippen LogP contribution in [0.25, 0.3) is 10.4 Å². The number of amides is 2. The van der Waals surface area contributed by atoms with Crippen LogP contribution in [-0.2, 0) is 4.79 Å². The minimum absolute atomic E-state index is 0.392. The zero-order chi connectivity index (χ0) is 15.4. The van der Waals surface area contributed by atoms with Crippen LogP contribution in [0.15, 0.2) is 47.6 Å². The van der Waals surface area contributed by atoms with Crippen molar-refractivity contribution in [2.24, 2.45) is 10.8 Å². The summed E-state index contributed by atoms with van der Waals surface area (Å²) in [5.74, 6) is -0.940. The maximum absolute atomic E-state index is 10.8. The number of primary amides is 1. The summed E-state index contributed by atoms with van der Waals surface area (Å²) >= 11 is 0. The maximum Gasteiger partial charge on any atom is 0.249 e. The lowest BCUT2D eigenvalue weighted by molar-refractivity contribution is -0.113. The minimum Gasteiger partial charge on any atom is -0.366 e. The SMILES string of the molecule is CN(C)CC=CC(N)=O.[N-]=[N+]=NC(=O)c1ccccc1. The summed E-state index contributed by atoms with van der Waals surface area (Å²) in [6.45, 7) is 0.753. The smallest absolute Gasteiger partial charge is 0.249 e. The number of azide groups is 1. The molecule has 0 spiro atoms. The van der Waals surface area contributed by atoms with Crippen molar-refractivity contribution in [2.75, 3.05) is 20.6 Å². The van der Waals surface area contributed by atoms with E-state index in [0.29, 0.717) is 5.56 Å². The van der Waals surface area contributed by atoms with Gasteiger partial charge in [-0.3, -0.25) is 9.59 Å². The van der Waals surface area contributed by atoms with Gasteiger partial charge < -0.3 is 10.6 Å². The largest absolute Gasteiger partial charge is 0.366 e. The second kappa shape index (κ2) is 10.3. The van der Waals surface area contributed by atoms with Gasteiger partial charge in [-0.05, 0) is 30.8 Å². The zero-order valence-electron chi connectivity index (χ0n) is 11.4. The van der Waals surface area contributed by atoms with Gasteiger partial charge in [0.1, 0.15) is 0 Å². The normalized spacial score (nSPS) is 9.55. The molecule has 20 heavy (non-hydrogen) atoms. The van der Waals surface area contributed by atoms with Crippen LogP contribution in [0.3, 0.4) is 0 Å². The standard InChI is InChI=1S/C7H5N3O.C6H12N2O/c8-10-9-7(11)6-4-2-1-3-5-6;1-8(2)5-3-4-6(7)9/h1-5H;3-4H,5H2,1-2H3,(H2,7,9). The van der Waals surface area contributed by atoms with Crippen LogP contribution in [-0.4, -0.2) is 37.4 Å². The van der Waals surface area contributed by atoms with E-state index < -0.39 is 11.8 Å². The van der Waals surface area contributed by atoms with Crippen LogP contribution < -0.4 is 5.73 Å². The molecule has 7 nitrogen and oxygen atoms in total. The van der Waals surface area contributed by atoms with E-state index in [4.69, 9.17) is 11.3 Å². The summed E-state index contributed by atoms with van der Waals surface area (Å²) in [7, 11) is 3.84. The van der Waals surface area contributed by atoms with Gasteiger partial charge in [0.15, 0.2) is 0 Å². The lowest BCUT2D eigenvalue weighted by Gasteiger charge is -2.02. The highest BCUT2D eigenvalue weighted by Crippen LogP contribution is 1.99. The summed E-state index contributed by atoms with van der Waals surface area (Å²) in [4.78, 5) is 25.3. The number of nitrogens with zero attached hydrogens (tertiary/aromatic N) is 4. The second-order valence-electron chi connectivity index (χ2n) is 3.93. The molecule has 1 aromatic carbocycles. The molecular weight excluding hydrogens is 258 g/mol. The van der Waals surface area contributed by atoms with Crippen molar-refractivity contribution < 1.29 is 9.59 Å². The number of rotatable bonds is 4. The molecule has 0 aromatic heterocycles. The molecule has 0 heterocycles. The molecule has 0 bridgehead atoms. The molecule has 2 N–H and O–H groups in total. The lowest BCUT2D eigenvalue weighted by atomic mass is 10.2. The molecule has 0 aliphatic rings.